The van der Waals surface area contributed by atoms with Crippen molar-refractivity contribution < 1.29 is 4.74 Å². The quantitative estimate of drug-likeness (QED) is 0.602. The molecule has 0 aromatic rings. The van der Waals surface area contributed by atoms with Crippen LogP contribution in [0.3, 0.4) is 0 Å². The summed E-state index contributed by atoms with van der Waals surface area (Å²) in [5.74, 6) is 0. The summed E-state index contributed by atoms with van der Waals surface area (Å²) in [6, 6.07) is 0.781. The van der Waals surface area contributed by atoms with Crippen molar-refractivity contribution in [3.8, 4) is 0 Å². The molecule has 0 aromatic carbocycles. The maximum Gasteiger partial charge on any atom is 0.0587 e. The minimum atomic E-state index is 0.781. The molecule has 0 aliphatic carbocycles. The van der Waals surface area contributed by atoms with Gasteiger partial charge in [-0.1, -0.05) is 6.92 Å². The van der Waals surface area contributed by atoms with E-state index in [2.05, 4.69) is 29.1 Å². The molecule has 4 heteroatoms. The minimum Gasteiger partial charge on any atom is -0.383 e. The Morgan fingerprint density at radius 1 is 1.41 bits per heavy atom. The van der Waals surface area contributed by atoms with Crippen LogP contribution in [0.1, 0.15) is 19.8 Å². The maximum atomic E-state index is 5.00. The van der Waals surface area contributed by atoms with Crippen LogP contribution in [0.15, 0.2) is 0 Å². The minimum absolute atomic E-state index is 0.781. The van der Waals surface area contributed by atoms with E-state index in [1.54, 1.807) is 7.11 Å². The average molecular weight is 243 g/mol. The smallest absolute Gasteiger partial charge is 0.0587 e. The van der Waals surface area contributed by atoms with Gasteiger partial charge in [-0.25, -0.2) is 0 Å². The Labute approximate surface area is 106 Å². The molecular formula is C13H29N3O. The Bertz CT molecular complexity index is 190. The number of nitrogens with zero attached hydrogens (tertiary/aromatic N) is 2. The zero-order chi connectivity index (χ0) is 12.5. The highest BCUT2D eigenvalue weighted by atomic mass is 16.5. The van der Waals surface area contributed by atoms with Crippen LogP contribution < -0.4 is 5.32 Å². The number of likely N-dealkylation sites (tertiary alicyclic amines) is 1. The van der Waals surface area contributed by atoms with Gasteiger partial charge in [-0.15, -0.1) is 0 Å². The van der Waals surface area contributed by atoms with Crippen molar-refractivity contribution in [1.82, 2.24) is 15.1 Å². The number of ether oxygens (including phenoxy) is 1. The van der Waals surface area contributed by atoms with Crippen molar-refractivity contribution in [2.45, 2.75) is 25.8 Å². The summed E-state index contributed by atoms with van der Waals surface area (Å²) in [5.41, 5.74) is 0. The fourth-order valence-corrected chi connectivity index (χ4v) is 2.54. The lowest BCUT2D eigenvalue weighted by molar-refractivity contribution is 0.188. The van der Waals surface area contributed by atoms with E-state index in [4.69, 9.17) is 4.74 Å². The predicted molar refractivity (Wildman–Crippen MR) is 72.5 cm³/mol. The largest absolute Gasteiger partial charge is 0.383 e. The van der Waals surface area contributed by atoms with Crippen LogP contribution >= 0.6 is 0 Å². The molecule has 1 rings (SSSR count). The molecule has 1 N–H and O–H groups in total. The first-order valence-corrected chi connectivity index (χ1v) is 6.90. The van der Waals surface area contributed by atoms with Crippen molar-refractivity contribution in [1.29, 1.82) is 0 Å². The van der Waals surface area contributed by atoms with Crippen molar-refractivity contribution >= 4 is 0 Å². The highest BCUT2D eigenvalue weighted by Crippen LogP contribution is 2.16. The van der Waals surface area contributed by atoms with Crippen molar-refractivity contribution in [3.63, 3.8) is 0 Å². The van der Waals surface area contributed by atoms with E-state index >= 15 is 0 Å². The van der Waals surface area contributed by atoms with Gasteiger partial charge in [0.25, 0.3) is 0 Å². The molecule has 0 spiro atoms. The third-order valence-electron chi connectivity index (χ3n) is 3.58. The number of nitrogens with one attached hydrogen (secondary N) is 1. The second kappa shape index (κ2) is 8.86. The first-order valence-electron chi connectivity index (χ1n) is 6.90. The monoisotopic (exact) mass is 243 g/mol. The van der Waals surface area contributed by atoms with E-state index in [0.717, 1.165) is 32.3 Å². The maximum absolute atomic E-state index is 5.00. The third kappa shape index (κ3) is 5.82. The van der Waals surface area contributed by atoms with Crippen LogP contribution in [0.2, 0.25) is 0 Å². The molecular weight excluding hydrogens is 214 g/mol. The summed E-state index contributed by atoms with van der Waals surface area (Å²) in [5, 5.41) is 3.39. The molecule has 1 atom stereocenters. The number of hydrogen-bond acceptors (Lipinski definition) is 4. The lowest BCUT2D eigenvalue weighted by atomic mass is 10.2. The van der Waals surface area contributed by atoms with E-state index in [9.17, 15) is 0 Å². The highest BCUT2D eigenvalue weighted by molar-refractivity contribution is 4.80. The standard InChI is InChI=1S/C13H29N3O/c1-4-16-9-5-6-13(16)12-15(2)10-7-14-8-11-17-3/h13-14H,4-12H2,1-3H3. The second-order valence-electron chi connectivity index (χ2n) is 4.93. The fourth-order valence-electron chi connectivity index (χ4n) is 2.54. The highest BCUT2D eigenvalue weighted by Gasteiger charge is 2.23. The second-order valence-corrected chi connectivity index (χ2v) is 4.93. The zero-order valence-corrected chi connectivity index (χ0v) is 11.7. The van der Waals surface area contributed by atoms with Gasteiger partial charge in [0.1, 0.15) is 0 Å². The molecule has 0 radical (unpaired) electrons. The van der Waals surface area contributed by atoms with Crippen molar-refractivity contribution in [2.24, 2.45) is 0 Å². The molecule has 1 aliphatic heterocycles. The first-order chi connectivity index (χ1) is 8.27. The van der Waals surface area contributed by atoms with Crippen LogP contribution in [0.4, 0.5) is 0 Å². The lowest BCUT2D eigenvalue weighted by Gasteiger charge is -2.27. The van der Waals surface area contributed by atoms with E-state index in [-0.39, 0.29) is 0 Å². The molecule has 0 bridgehead atoms. The Hall–Kier alpha value is -0.160. The molecule has 0 amide bonds. The van der Waals surface area contributed by atoms with Crippen LogP contribution in [-0.4, -0.2) is 75.9 Å². The van der Waals surface area contributed by atoms with E-state index < -0.39 is 0 Å². The number of likely N-dealkylation sites (N-methyl/N-ethyl adjacent to an activating group) is 2. The molecule has 17 heavy (non-hydrogen) atoms. The molecule has 1 aliphatic rings. The summed E-state index contributed by atoms with van der Waals surface area (Å²) in [4.78, 5) is 5.05. The van der Waals surface area contributed by atoms with Gasteiger partial charge in [0.05, 0.1) is 6.61 Å². The van der Waals surface area contributed by atoms with Gasteiger partial charge in [-0.3, -0.25) is 4.90 Å². The van der Waals surface area contributed by atoms with Gasteiger partial charge in [0, 0.05) is 39.3 Å². The van der Waals surface area contributed by atoms with Crippen LogP contribution in [0.5, 0.6) is 0 Å². The summed E-state index contributed by atoms with van der Waals surface area (Å²) < 4.78 is 5.00. The molecule has 1 unspecified atom stereocenters. The van der Waals surface area contributed by atoms with Gasteiger partial charge in [0.15, 0.2) is 0 Å². The Morgan fingerprint density at radius 2 is 2.24 bits per heavy atom. The molecule has 0 saturated carbocycles. The van der Waals surface area contributed by atoms with Crippen molar-refractivity contribution in [3.05, 3.63) is 0 Å². The summed E-state index contributed by atoms with van der Waals surface area (Å²) in [7, 11) is 3.97. The normalized spacial score (nSPS) is 21.5. The molecule has 4 nitrogen and oxygen atoms in total. The predicted octanol–water partition coefficient (Wildman–Crippen LogP) is 0.639. The number of methoxy groups -OCH3 is 1. The topological polar surface area (TPSA) is 27.7 Å². The van der Waals surface area contributed by atoms with Gasteiger partial charge in [-0.2, -0.15) is 0 Å². The van der Waals surface area contributed by atoms with Gasteiger partial charge < -0.3 is 15.0 Å². The zero-order valence-electron chi connectivity index (χ0n) is 11.7. The molecule has 0 aromatic heterocycles. The summed E-state index contributed by atoms with van der Waals surface area (Å²) in [6.45, 7) is 9.90. The molecule has 1 heterocycles. The Kier molecular flexibility index (Phi) is 7.77. The fraction of sp³-hybridized carbons (Fsp3) is 1.00. The van der Waals surface area contributed by atoms with Gasteiger partial charge in [0.2, 0.25) is 0 Å². The van der Waals surface area contributed by atoms with E-state index in [1.165, 1.54) is 32.5 Å². The van der Waals surface area contributed by atoms with E-state index in [0.29, 0.717) is 0 Å². The number of hydrogen-bond donors (Lipinski definition) is 1. The lowest BCUT2D eigenvalue weighted by Crippen LogP contribution is -2.41. The summed E-state index contributed by atoms with van der Waals surface area (Å²) >= 11 is 0. The van der Waals surface area contributed by atoms with Crippen LogP contribution in [0, 0.1) is 0 Å². The third-order valence-corrected chi connectivity index (χ3v) is 3.58. The molecule has 1 saturated heterocycles. The first kappa shape index (κ1) is 14.9. The molecule has 1 fully saturated rings. The Balaban J connectivity index is 2.05. The molecule has 102 valence electrons. The van der Waals surface area contributed by atoms with Crippen molar-refractivity contribution in [2.75, 3.05) is 60.0 Å². The van der Waals surface area contributed by atoms with E-state index in [1.807, 2.05) is 0 Å². The van der Waals surface area contributed by atoms with Gasteiger partial charge in [-0.05, 0) is 33.0 Å². The average Bonchev–Trinajstić information content (AvgIpc) is 2.76. The van der Waals surface area contributed by atoms with Crippen LogP contribution in [-0.2, 0) is 4.74 Å². The SMILES string of the molecule is CCN1CCCC1CN(C)CCNCCOC. The Morgan fingerprint density at radius 3 is 2.94 bits per heavy atom. The van der Waals surface area contributed by atoms with Gasteiger partial charge >= 0.3 is 0 Å². The van der Waals surface area contributed by atoms with Crippen LogP contribution in [0.25, 0.3) is 0 Å². The number of rotatable bonds is 9. The summed E-state index contributed by atoms with van der Waals surface area (Å²) in [6.07, 6.45) is 2.74.